The average Bonchev–Trinajstić information content (AvgIpc) is 2.87. The number of aromatic amines is 1. The Balaban J connectivity index is 1.69. The van der Waals surface area contributed by atoms with Crippen molar-refractivity contribution in [1.82, 2.24) is 19.9 Å². The molecular weight excluding hydrogens is 252 g/mol. The third-order valence-electron chi connectivity index (χ3n) is 3.73. The van der Waals surface area contributed by atoms with Crippen LogP contribution in [0, 0.1) is 6.92 Å². The molecule has 1 aliphatic rings. The molecule has 0 radical (unpaired) electrons. The van der Waals surface area contributed by atoms with E-state index < -0.39 is 0 Å². The number of H-pyrrole nitrogens is 1. The Morgan fingerprint density at radius 3 is 2.95 bits per heavy atom. The quantitative estimate of drug-likeness (QED) is 0.917. The molecule has 1 saturated heterocycles. The lowest BCUT2D eigenvalue weighted by Gasteiger charge is -2.15. The fourth-order valence-corrected chi connectivity index (χ4v) is 2.78. The minimum absolute atomic E-state index is 0.0555. The van der Waals surface area contributed by atoms with Gasteiger partial charge >= 0.3 is 0 Å². The van der Waals surface area contributed by atoms with Crippen molar-refractivity contribution >= 4 is 0 Å². The molecule has 0 unspecified atom stereocenters. The summed E-state index contributed by atoms with van der Waals surface area (Å²) in [5, 5.41) is 0. The van der Waals surface area contributed by atoms with Crippen LogP contribution < -0.4 is 5.56 Å². The number of aromatic nitrogens is 3. The predicted molar refractivity (Wildman–Crippen MR) is 76.5 cm³/mol. The Morgan fingerprint density at radius 1 is 1.40 bits per heavy atom. The van der Waals surface area contributed by atoms with Crippen LogP contribution in [0.1, 0.15) is 29.4 Å². The first-order chi connectivity index (χ1) is 9.70. The van der Waals surface area contributed by atoms with Crippen molar-refractivity contribution in [2.24, 2.45) is 0 Å². The summed E-state index contributed by atoms with van der Waals surface area (Å²) in [6.45, 7) is 4.76. The van der Waals surface area contributed by atoms with Crippen molar-refractivity contribution < 1.29 is 0 Å². The van der Waals surface area contributed by atoms with Crippen LogP contribution in [-0.2, 0) is 6.54 Å². The third kappa shape index (κ3) is 2.93. The van der Waals surface area contributed by atoms with Gasteiger partial charge in [-0.25, -0.2) is 4.98 Å². The first-order valence-corrected chi connectivity index (χ1v) is 6.90. The van der Waals surface area contributed by atoms with Crippen LogP contribution in [0.15, 0.2) is 35.4 Å². The summed E-state index contributed by atoms with van der Waals surface area (Å²) in [5.74, 6) is 1.05. The molecule has 0 saturated carbocycles. The van der Waals surface area contributed by atoms with E-state index in [9.17, 15) is 4.79 Å². The topological polar surface area (TPSA) is 61.9 Å². The Labute approximate surface area is 117 Å². The SMILES string of the molecule is Cc1nc([C@@H]2CCN(Cc3ccncc3)C2)cc(=O)[nH]1. The van der Waals surface area contributed by atoms with E-state index in [0.29, 0.717) is 11.7 Å². The van der Waals surface area contributed by atoms with Crippen molar-refractivity contribution in [3.63, 3.8) is 0 Å². The number of rotatable bonds is 3. The highest BCUT2D eigenvalue weighted by molar-refractivity contribution is 5.13. The normalized spacial score (nSPS) is 19.4. The number of pyridine rings is 1. The highest BCUT2D eigenvalue weighted by Gasteiger charge is 2.25. The largest absolute Gasteiger partial charge is 0.311 e. The van der Waals surface area contributed by atoms with E-state index in [0.717, 1.165) is 31.7 Å². The summed E-state index contributed by atoms with van der Waals surface area (Å²) < 4.78 is 0. The van der Waals surface area contributed by atoms with Gasteiger partial charge in [0.2, 0.25) is 0 Å². The van der Waals surface area contributed by atoms with Crippen LogP contribution in [0.5, 0.6) is 0 Å². The molecule has 2 aromatic heterocycles. The van der Waals surface area contributed by atoms with Gasteiger partial charge in [-0.15, -0.1) is 0 Å². The molecule has 5 heteroatoms. The molecule has 3 heterocycles. The molecule has 0 aliphatic carbocycles. The van der Waals surface area contributed by atoms with Gasteiger partial charge in [-0.05, 0) is 37.6 Å². The maximum atomic E-state index is 11.5. The highest BCUT2D eigenvalue weighted by Crippen LogP contribution is 2.26. The summed E-state index contributed by atoms with van der Waals surface area (Å²) in [6.07, 6.45) is 4.70. The molecule has 1 atom stereocenters. The second-order valence-corrected chi connectivity index (χ2v) is 5.33. The van der Waals surface area contributed by atoms with Crippen LogP contribution in [0.25, 0.3) is 0 Å². The second-order valence-electron chi connectivity index (χ2n) is 5.33. The zero-order chi connectivity index (χ0) is 13.9. The lowest BCUT2D eigenvalue weighted by Crippen LogP contribution is -2.20. The van der Waals surface area contributed by atoms with E-state index in [1.165, 1.54) is 5.56 Å². The Morgan fingerprint density at radius 2 is 2.20 bits per heavy atom. The van der Waals surface area contributed by atoms with Gasteiger partial charge in [0, 0.05) is 37.5 Å². The summed E-state index contributed by atoms with van der Waals surface area (Å²) in [5.41, 5.74) is 2.14. The smallest absolute Gasteiger partial charge is 0.251 e. The van der Waals surface area contributed by atoms with Gasteiger partial charge in [-0.1, -0.05) is 0 Å². The van der Waals surface area contributed by atoms with Crippen molar-refractivity contribution in [2.45, 2.75) is 25.8 Å². The van der Waals surface area contributed by atoms with Crippen LogP contribution in [0.4, 0.5) is 0 Å². The summed E-state index contributed by atoms with van der Waals surface area (Å²) in [7, 11) is 0. The van der Waals surface area contributed by atoms with Gasteiger partial charge in [-0.3, -0.25) is 14.7 Å². The highest BCUT2D eigenvalue weighted by atomic mass is 16.1. The number of hydrogen-bond donors (Lipinski definition) is 1. The van der Waals surface area contributed by atoms with Gasteiger partial charge in [0.15, 0.2) is 0 Å². The van der Waals surface area contributed by atoms with E-state index in [2.05, 4.69) is 19.9 Å². The molecular formula is C15H18N4O. The van der Waals surface area contributed by atoms with Crippen LogP contribution in [0.3, 0.4) is 0 Å². The van der Waals surface area contributed by atoms with Crippen LogP contribution in [0.2, 0.25) is 0 Å². The molecule has 0 amide bonds. The molecule has 0 spiro atoms. The summed E-state index contributed by atoms with van der Waals surface area (Å²) in [4.78, 5) is 25.1. The fraction of sp³-hybridized carbons (Fsp3) is 0.400. The summed E-state index contributed by atoms with van der Waals surface area (Å²) in [6, 6.07) is 5.72. The van der Waals surface area contributed by atoms with Crippen LogP contribution >= 0.6 is 0 Å². The Kier molecular flexibility index (Phi) is 3.60. The van der Waals surface area contributed by atoms with E-state index in [1.807, 2.05) is 31.5 Å². The third-order valence-corrected chi connectivity index (χ3v) is 3.73. The zero-order valence-corrected chi connectivity index (χ0v) is 11.5. The Bertz CT molecular complexity index is 638. The first kappa shape index (κ1) is 13.0. The lowest BCUT2D eigenvalue weighted by atomic mass is 10.0. The fourth-order valence-electron chi connectivity index (χ4n) is 2.78. The molecule has 3 rings (SSSR count). The molecule has 104 valence electrons. The predicted octanol–water partition coefficient (Wildman–Crippen LogP) is 1.46. The van der Waals surface area contributed by atoms with E-state index in [4.69, 9.17) is 0 Å². The van der Waals surface area contributed by atoms with Gasteiger partial charge in [0.1, 0.15) is 5.82 Å². The van der Waals surface area contributed by atoms with E-state index in [-0.39, 0.29) is 5.56 Å². The minimum Gasteiger partial charge on any atom is -0.311 e. The van der Waals surface area contributed by atoms with E-state index >= 15 is 0 Å². The molecule has 0 bridgehead atoms. The molecule has 2 aromatic rings. The standard InChI is InChI=1S/C15H18N4O/c1-11-17-14(8-15(20)18-11)13-4-7-19(10-13)9-12-2-5-16-6-3-12/h2-3,5-6,8,13H,4,7,9-10H2,1H3,(H,17,18,20)/t13-/m1/s1. The van der Waals surface area contributed by atoms with Crippen molar-refractivity contribution in [3.05, 3.63) is 58.0 Å². The lowest BCUT2D eigenvalue weighted by molar-refractivity contribution is 0.326. The van der Waals surface area contributed by atoms with Crippen molar-refractivity contribution in [1.29, 1.82) is 0 Å². The molecule has 0 aromatic carbocycles. The first-order valence-electron chi connectivity index (χ1n) is 6.90. The maximum Gasteiger partial charge on any atom is 0.251 e. The number of likely N-dealkylation sites (tertiary alicyclic amines) is 1. The monoisotopic (exact) mass is 270 g/mol. The number of nitrogens with one attached hydrogen (secondary N) is 1. The summed E-state index contributed by atoms with van der Waals surface area (Å²) >= 11 is 0. The van der Waals surface area contributed by atoms with Gasteiger partial charge in [0.05, 0.1) is 5.69 Å². The molecule has 5 nitrogen and oxygen atoms in total. The minimum atomic E-state index is -0.0555. The van der Waals surface area contributed by atoms with Crippen molar-refractivity contribution in [2.75, 3.05) is 13.1 Å². The molecule has 1 N–H and O–H groups in total. The van der Waals surface area contributed by atoms with Crippen molar-refractivity contribution in [3.8, 4) is 0 Å². The zero-order valence-electron chi connectivity index (χ0n) is 11.5. The second kappa shape index (κ2) is 5.54. The number of hydrogen-bond acceptors (Lipinski definition) is 4. The number of aryl methyl sites for hydroxylation is 1. The molecule has 1 aliphatic heterocycles. The maximum absolute atomic E-state index is 11.5. The Hall–Kier alpha value is -2.01. The van der Waals surface area contributed by atoms with Crippen LogP contribution in [-0.4, -0.2) is 32.9 Å². The molecule has 20 heavy (non-hydrogen) atoms. The van der Waals surface area contributed by atoms with E-state index in [1.54, 1.807) is 6.07 Å². The van der Waals surface area contributed by atoms with Gasteiger partial charge in [0.25, 0.3) is 5.56 Å². The average molecular weight is 270 g/mol. The number of nitrogens with zero attached hydrogens (tertiary/aromatic N) is 3. The van der Waals surface area contributed by atoms with Gasteiger partial charge in [-0.2, -0.15) is 0 Å². The molecule has 1 fully saturated rings. The van der Waals surface area contributed by atoms with Gasteiger partial charge < -0.3 is 4.98 Å².